The van der Waals surface area contributed by atoms with E-state index in [0.717, 1.165) is 11.3 Å². The fraction of sp³-hybridized carbons (Fsp3) is 0.0952. The topological polar surface area (TPSA) is 86.2 Å². The quantitative estimate of drug-likeness (QED) is 0.559. The van der Waals surface area contributed by atoms with Crippen molar-refractivity contribution in [1.29, 1.82) is 5.26 Å². The average Bonchev–Trinajstić information content (AvgIpc) is 3.15. The smallest absolute Gasteiger partial charge is 0.154 e. The fourth-order valence-corrected chi connectivity index (χ4v) is 3.00. The van der Waals surface area contributed by atoms with Crippen LogP contribution in [0.5, 0.6) is 0 Å². The van der Waals surface area contributed by atoms with Crippen LogP contribution in [0.25, 0.3) is 16.9 Å². The van der Waals surface area contributed by atoms with Gasteiger partial charge in [-0.05, 0) is 42.0 Å². The first-order valence-corrected chi connectivity index (χ1v) is 8.66. The lowest BCUT2D eigenvalue weighted by Crippen LogP contribution is -2.16. The predicted molar refractivity (Wildman–Crippen MR) is 103 cm³/mol. The van der Waals surface area contributed by atoms with Crippen molar-refractivity contribution in [2.75, 3.05) is 11.9 Å². The van der Waals surface area contributed by atoms with E-state index in [1.54, 1.807) is 41.0 Å². The van der Waals surface area contributed by atoms with Crippen molar-refractivity contribution in [3.8, 4) is 17.3 Å². The highest BCUT2D eigenvalue weighted by atomic mass is 19.1. The number of anilines is 1. The number of aliphatic hydroxyl groups excluding tert-OH is 1. The van der Waals surface area contributed by atoms with Crippen molar-refractivity contribution in [2.24, 2.45) is 0 Å². The van der Waals surface area contributed by atoms with Gasteiger partial charge in [-0.2, -0.15) is 5.26 Å². The molecule has 1 atom stereocenters. The number of benzene rings is 2. The van der Waals surface area contributed by atoms with Crippen LogP contribution in [0, 0.1) is 17.1 Å². The fourth-order valence-electron chi connectivity index (χ4n) is 3.00. The number of aliphatic hydroxyl groups is 1. The van der Waals surface area contributed by atoms with E-state index >= 15 is 0 Å². The molecule has 0 fully saturated rings. The largest absolute Gasteiger partial charge is 0.394 e. The molecule has 138 valence electrons. The first kappa shape index (κ1) is 17.6. The van der Waals surface area contributed by atoms with Crippen molar-refractivity contribution in [3.63, 3.8) is 0 Å². The van der Waals surface area contributed by atoms with Gasteiger partial charge in [0.2, 0.25) is 0 Å². The molecule has 0 bridgehead atoms. The van der Waals surface area contributed by atoms with Crippen LogP contribution in [0.3, 0.4) is 0 Å². The lowest BCUT2D eigenvalue weighted by Gasteiger charge is -2.17. The van der Waals surface area contributed by atoms with E-state index in [4.69, 9.17) is 5.26 Å². The minimum atomic E-state index is -0.498. The summed E-state index contributed by atoms with van der Waals surface area (Å²) in [5.74, 6) is 0.155. The molecule has 4 rings (SSSR count). The summed E-state index contributed by atoms with van der Waals surface area (Å²) in [5, 5.41) is 26.4. The van der Waals surface area contributed by atoms with Crippen LogP contribution in [0.2, 0.25) is 0 Å². The molecular weight excluding hydrogens is 357 g/mol. The molecule has 0 aliphatic rings. The molecule has 7 heteroatoms. The number of rotatable bonds is 5. The lowest BCUT2D eigenvalue weighted by atomic mass is 10.1. The number of hydrogen-bond donors (Lipinski definition) is 2. The van der Waals surface area contributed by atoms with E-state index < -0.39 is 6.04 Å². The van der Waals surface area contributed by atoms with Gasteiger partial charge < -0.3 is 10.4 Å². The van der Waals surface area contributed by atoms with Crippen molar-refractivity contribution in [1.82, 2.24) is 14.6 Å². The van der Waals surface area contributed by atoms with Gasteiger partial charge in [-0.1, -0.05) is 24.3 Å². The van der Waals surface area contributed by atoms with Crippen LogP contribution < -0.4 is 5.32 Å². The number of hydrogen-bond acceptors (Lipinski definition) is 5. The number of fused-ring (bicyclic) bond motifs is 1. The maximum Gasteiger partial charge on any atom is 0.154 e. The van der Waals surface area contributed by atoms with Gasteiger partial charge in [-0.15, -0.1) is 5.10 Å². The highest BCUT2D eigenvalue weighted by molar-refractivity contribution is 5.64. The van der Waals surface area contributed by atoms with Gasteiger partial charge in [-0.25, -0.2) is 13.9 Å². The number of aromatic nitrogens is 3. The molecule has 0 unspecified atom stereocenters. The van der Waals surface area contributed by atoms with E-state index in [2.05, 4.69) is 21.5 Å². The number of nitriles is 1. The van der Waals surface area contributed by atoms with E-state index in [0.29, 0.717) is 22.6 Å². The Balaban J connectivity index is 1.68. The van der Waals surface area contributed by atoms with Crippen molar-refractivity contribution in [2.45, 2.75) is 6.04 Å². The van der Waals surface area contributed by atoms with E-state index in [1.807, 2.05) is 18.2 Å². The highest BCUT2D eigenvalue weighted by Gasteiger charge is 2.13. The molecule has 2 N–H and O–H groups in total. The summed E-state index contributed by atoms with van der Waals surface area (Å²) in [6.45, 7) is -0.213. The van der Waals surface area contributed by atoms with Crippen molar-refractivity contribution < 1.29 is 9.50 Å². The standard InChI is InChI=1S/C21H16FN5O/c22-17-3-1-2-16(10-17)18(13-28)25-20-8-9-21-24-12-19(27(21)26-20)15-6-4-14(11-23)5-7-15/h1-10,12,18,28H,13H2,(H,25,26)/t18-/m0/s1. The summed E-state index contributed by atoms with van der Waals surface area (Å²) < 4.78 is 15.2. The van der Waals surface area contributed by atoms with Gasteiger partial charge in [-0.3, -0.25) is 0 Å². The Bertz CT molecular complexity index is 1160. The highest BCUT2D eigenvalue weighted by Crippen LogP contribution is 2.23. The number of nitrogens with one attached hydrogen (secondary N) is 1. The maximum atomic E-state index is 13.5. The molecule has 2 aromatic heterocycles. The summed E-state index contributed by atoms with van der Waals surface area (Å²) in [7, 11) is 0. The number of halogens is 1. The predicted octanol–water partition coefficient (Wildman–Crippen LogP) is 3.55. The Hall–Kier alpha value is -3.76. The van der Waals surface area contributed by atoms with Crippen molar-refractivity contribution >= 4 is 11.5 Å². The molecule has 0 saturated carbocycles. The zero-order chi connectivity index (χ0) is 19.5. The molecule has 28 heavy (non-hydrogen) atoms. The van der Waals surface area contributed by atoms with Crippen LogP contribution >= 0.6 is 0 Å². The molecule has 6 nitrogen and oxygen atoms in total. The molecule has 4 aromatic rings. The molecular formula is C21H16FN5O. The van der Waals surface area contributed by atoms with Gasteiger partial charge >= 0.3 is 0 Å². The minimum Gasteiger partial charge on any atom is -0.394 e. The van der Waals surface area contributed by atoms with Gasteiger partial charge in [0.1, 0.15) is 11.6 Å². The molecule has 0 aliphatic heterocycles. The van der Waals surface area contributed by atoms with E-state index in [-0.39, 0.29) is 12.4 Å². The maximum absolute atomic E-state index is 13.5. The third-order valence-electron chi connectivity index (χ3n) is 4.43. The Kier molecular flexibility index (Phi) is 4.70. The average molecular weight is 373 g/mol. The minimum absolute atomic E-state index is 0.213. The SMILES string of the molecule is N#Cc1ccc(-c2cnc3ccc(N[C@@H](CO)c4cccc(F)c4)nn23)cc1. The number of nitrogens with zero attached hydrogens (tertiary/aromatic N) is 4. The molecule has 0 saturated heterocycles. The Morgan fingerprint density at radius 3 is 2.68 bits per heavy atom. The first-order valence-electron chi connectivity index (χ1n) is 8.66. The van der Waals surface area contributed by atoms with Crippen molar-refractivity contribution in [3.05, 3.63) is 83.8 Å². The second-order valence-electron chi connectivity index (χ2n) is 6.26. The van der Waals surface area contributed by atoms with E-state index in [1.165, 1.54) is 12.1 Å². The molecule has 0 aliphatic carbocycles. The zero-order valence-electron chi connectivity index (χ0n) is 14.7. The van der Waals surface area contributed by atoms with Crippen LogP contribution in [0.15, 0.2) is 66.9 Å². The third kappa shape index (κ3) is 3.41. The lowest BCUT2D eigenvalue weighted by molar-refractivity contribution is 0.276. The second-order valence-corrected chi connectivity index (χ2v) is 6.26. The van der Waals surface area contributed by atoms with Crippen LogP contribution in [0.4, 0.5) is 10.2 Å². The number of imidazole rings is 1. The normalized spacial score (nSPS) is 11.9. The molecule has 2 aromatic carbocycles. The van der Waals surface area contributed by atoms with Gasteiger partial charge in [0.25, 0.3) is 0 Å². The van der Waals surface area contributed by atoms with E-state index in [9.17, 15) is 9.50 Å². The Labute approximate surface area is 160 Å². The first-order chi connectivity index (χ1) is 13.7. The van der Waals surface area contributed by atoms with Gasteiger partial charge in [0, 0.05) is 5.56 Å². The molecule has 0 radical (unpaired) electrons. The summed E-state index contributed by atoms with van der Waals surface area (Å²) in [5.41, 5.74) is 3.52. The molecule has 0 spiro atoms. The second kappa shape index (κ2) is 7.47. The third-order valence-corrected chi connectivity index (χ3v) is 4.43. The summed E-state index contributed by atoms with van der Waals surface area (Å²) >= 11 is 0. The molecule has 0 amide bonds. The zero-order valence-corrected chi connectivity index (χ0v) is 14.7. The Morgan fingerprint density at radius 2 is 1.96 bits per heavy atom. The van der Waals surface area contributed by atoms with Crippen LogP contribution in [-0.2, 0) is 0 Å². The van der Waals surface area contributed by atoms with Crippen LogP contribution in [-0.4, -0.2) is 26.3 Å². The Morgan fingerprint density at radius 1 is 1.14 bits per heavy atom. The summed E-state index contributed by atoms with van der Waals surface area (Å²) in [6.07, 6.45) is 1.71. The van der Waals surface area contributed by atoms with Crippen LogP contribution in [0.1, 0.15) is 17.2 Å². The summed E-state index contributed by atoms with van der Waals surface area (Å²) in [4.78, 5) is 4.36. The van der Waals surface area contributed by atoms with Gasteiger partial charge in [0.05, 0.1) is 36.2 Å². The van der Waals surface area contributed by atoms with Gasteiger partial charge in [0.15, 0.2) is 5.65 Å². The summed E-state index contributed by atoms with van der Waals surface area (Å²) in [6, 6.07) is 18.4. The molecule has 2 heterocycles. The monoisotopic (exact) mass is 373 g/mol.